The standard InChI is InChI=1S/C17H14N2O2/c20-17(19-16-7-3-4-10-18-16)12-21-15-9-8-13-5-1-2-6-14(13)11-15/h1-11H,12H2,(H,18,19,20). The fraction of sp³-hybridized carbons (Fsp3) is 0.0588. The van der Waals surface area contributed by atoms with E-state index in [4.69, 9.17) is 4.74 Å². The van der Waals surface area contributed by atoms with Crippen molar-refractivity contribution >= 4 is 22.5 Å². The number of aromatic nitrogens is 1. The van der Waals surface area contributed by atoms with Crippen molar-refractivity contribution < 1.29 is 9.53 Å². The first-order valence-electron chi connectivity index (χ1n) is 6.64. The highest BCUT2D eigenvalue weighted by atomic mass is 16.5. The van der Waals surface area contributed by atoms with Crippen LogP contribution in [-0.4, -0.2) is 17.5 Å². The molecule has 104 valence electrons. The van der Waals surface area contributed by atoms with Crippen LogP contribution in [0.15, 0.2) is 66.9 Å². The van der Waals surface area contributed by atoms with Gasteiger partial charge in [-0.1, -0.05) is 36.4 Å². The first-order chi connectivity index (χ1) is 10.3. The average molecular weight is 278 g/mol. The van der Waals surface area contributed by atoms with Gasteiger partial charge in [-0.15, -0.1) is 0 Å². The second-order valence-electron chi connectivity index (χ2n) is 4.56. The molecule has 0 spiro atoms. The molecule has 0 unspecified atom stereocenters. The van der Waals surface area contributed by atoms with Crippen LogP contribution in [0.4, 0.5) is 5.82 Å². The summed E-state index contributed by atoms with van der Waals surface area (Å²) in [5, 5.41) is 4.90. The molecule has 0 atom stereocenters. The van der Waals surface area contributed by atoms with Crippen LogP contribution in [0, 0.1) is 0 Å². The van der Waals surface area contributed by atoms with Gasteiger partial charge in [-0.2, -0.15) is 0 Å². The molecule has 0 saturated carbocycles. The number of rotatable bonds is 4. The van der Waals surface area contributed by atoms with Crippen LogP contribution < -0.4 is 10.1 Å². The Bertz CT molecular complexity index is 757. The highest BCUT2D eigenvalue weighted by molar-refractivity contribution is 5.91. The second kappa shape index (κ2) is 6.05. The monoisotopic (exact) mass is 278 g/mol. The van der Waals surface area contributed by atoms with Crippen molar-refractivity contribution in [3.63, 3.8) is 0 Å². The summed E-state index contributed by atoms with van der Waals surface area (Å²) < 4.78 is 5.51. The fourth-order valence-corrected chi connectivity index (χ4v) is 2.02. The molecule has 0 fully saturated rings. The Morgan fingerprint density at radius 1 is 1.00 bits per heavy atom. The predicted molar refractivity (Wildman–Crippen MR) is 82.3 cm³/mol. The van der Waals surface area contributed by atoms with Crippen molar-refractivity contribution in [2.24, 2.45) is 0 Å². The summed E-state index contributed by atoms with van der Waals surface area (Å²) in [5.74, 6) is 0.955. The van der Waals surface area contributed by atoms with Gasteiger partial charge in [-0.3, -0.25) is 4.79 Å². The van der Waals surface area contributed by atoms with E-state index in [2.05, 4.69) is 10.3 Å². The molecule has 0 aliphatic rings. The summed E-state index contributed by atoms with van der Waals surface area (Å²) >= 11 is 0. The molecule has 1 N–H and O–H groups in total. The van der Waals surface area contributed by atoms with Crippen molar-refractivity contribution in [1.82, 2.24) is 4.98 Å². The number of hydrogen-bond donors (Lipinski definition) is 1. The Morgan fingerprint density at radius 2 is 1.81 bits per heavy atom. The number of carbonyl (C=O) groups excluding carboxylic acids is 1. The minimum atomic E-state index is -0.234. The fourth-order valence-electron chi connectivity index (χ4n) is 2.02. The van der Waals surface area contributed by atoms with E-state index in [0.717, 1.165) is 10.8 Å². The van der Waals surface area contributed by atoms with Gasteiger partial charge >= 0.3 is 0 Å². The summed E-state index contributed by atoms with van der Waals surface area (Å²) in [4.78, 5) is 15.8. The van der Waals surface area contributed by atoms with Gasteiger partial charge in [0, 0.05) is 6.20 Å². The van der Waals surface area contributed by atoms with Crippen LogP contribution >= 0.6 is 0 Å². The lowest BCUT2D eigenvalue weighted by molar-refractivity contribution is -0.118. The normalized spacial score (nSPS) is 10.3. The first kappa shape index (κ1) is 13.1. The van der Waals surface area contributed by atoms with Crippen LogP contribution in [0.25, 0.3) is 10.8 Å². The minimum Gasteiger partial charge on any atom is -0.484 e. The molecule has 1 amide bonds. The number of nitrogens with one attached hydrogen (secondary N) is 1. The second-order valence-corrected chi connectivity index (χ2v) is 4.56. The number of hydrogen-bond acceptors (Lipinski definition) is 3. The summed E-state index contributed by atoms with van der Waals surface area (Å²) in [6, 6.07) is 19.1. The van der Waals surface area contributed by atoms with Crippen LogP contribution in [0.1, 0.15) is 0 Å². The highest BCUT2D eigenvalue weighted by Crippen LogP contribution is 2.20. The lowest BCUT2D eigenvalue weighted by Gasteiger charge is -2.07. The van der Waals surface area contributed by atoms with Gasteiger partial charge in [0.2, 0.25) is 0 Å². The van der Waals surface area contributed by atoms with Gasteiger partial charge in [-0.05, 0) is 35.0 Å². The third kappa shape index (κ3) is 3.36. The predicted octanol–water partition coefficient (Wildman–Crippen LogP) is 3.25. The topological polar surface area (TPSA) is 51.2 Å². The third-order valence-electron chi connectivity index (χ3n) is 3.02. The Hall–Kier alpha value is -2.88. The van der Waals surface area contributed by atoms with Crippen molar-refractivity contribution in [3.8, 4) is 5.75 Å². The number of fused-ring (bicyclic) bond motifs is 1. The molecule has 1 aromatic heterocycles. The van der Waals surface area contributed by atoms with Crippen molar-refractivity contribution in [1.29, 1.82) is 0 Å². The molecule has 0 aliphatic heterocycles. The number of nitrogens with zero attached hydrogens (tertiary/aromatic N) is 1. The highest BCUT2D eigenvalue weighted by Gasteiger charge is 2.04. The quantitative estimate of drug-likeness (QED) is 0.797. The van der Waals surface area contributed by atoms with Crippen molar-refractivity contribution in [3.05, 3.63) is 66.9 Å². The summed E-state index contributed by atoms with van der Waals surface area (Å²) in [5.41, 5.74) is 0. The first-order valence-corrected chi connectivity index (χ1v) is 6.64. The summed E-state index contributed by atoms with van der Waals surface area (Å²) in [6.07, 6.45) is 1.62. The molecule has 0 saturated heterocycles. The Balaban J connectivity index is 1.62. The molecule has 0 aliphatic carbocycles. The number of pyridine rings is 1. The molecule has 1 heterocycles. The zero-order valence-corrected chi connectivity index (χ0v) is 11.3. The molecule has 3 rings (SSSR count). The van der Waals surface area contributed by atoms with Crippen LogP contribution in [0.2, 0.25) is 0 Å². The molecule has 2 aromatic carbocycles. The molecule has 4 heteroatoms. The van der Waals surface area contributed by atoms with E-state index in [1.54, 1.807) is 18.3 Å². The lowest BCUT2D eigenvalue weighted by atomic mass is 10.1. The maximum atomic E-state index is 11.8. The van der Waals surface area contributed by atoms with E-state index in [9.17, 15) is 4.79 Å². The Morgan fingerprint density at radius 3 is 2.62 bits per heavy atom. The zero-order chi connectivity index (χ0) is 14.5. The van der Waals surface area contributed by atoms with Gasteiger partial charge in [0.05, 0.1) is 0 Å². The van der Waals surface area contributed by atoms with E-state index >= 15 is 0 Å². The Labute approximate surface area is 122 Å². The summed E-state index contributed by atoms with van der Waals surface area (Å²) in [7, 11) is 0. The van der Waals surface area contributed by atoms with Crippen LogP contribution in [0.5, 0.6) is 5.75 Å². The molecule has 21 heavy (non-hydrogen) atoms. The molecule has 3 aromatic rings. The van der Waals surface area contributed by atoms with Crippen molar-refractivity contribution in [2.75, 3.05) is 11.9 Å². The number of anilines is 1. The van der Waals surface area contributed by atoms with Gasteiger partial charge in [0.15, 0.2) is 6.61 Å². The molecule has 0 radical (unpaired) electrons. The van der Waals surface area contributed by atoms with E-state index in [-0.39, 0.29) is 12.5 Å². The van der Waals surface area contributed by atoms with Crippen LogP contribution in [0.3, 0.4) is 0 Å². The SMILES string of the molecule is O=C(COc1ccc2ccccc2c1)Nc1ccccn1. The number of carbonyl (C=O) groups is 1. The van der Waals surface area contributed by atoms with Gasteiger partial charge in [0.25, 0.3) is 5.91 Å². The third-order valence-corrected chi connectivity index (χ3v) is 3.02. The largest absolute Gasteiger partial charge is 0.484 e. The molecular formula is C17H14N2O2. The smallest absolute Gasteiger partial charge is 0.263 e. The maximum Gasteiger partial charge on any atom is 0.263 e. The number of amides is 1. The van der Waals surface area contributed by atoms with E-state index in [0.29, 0.717) is 11.6 Å². The minimum absolute atomic E-state index is 0.0467. The Kier molecular flexibility index (Phi) is 3.78. The molecule has 4 nitrogen and oxygen atoms in total. The van der Waals surface area contributed by atoms with Crippen molar-refractivity contribution in [2.45, 2.75) is 0 Å². The maximum absolute atomic E-state index is 11.8. The molecule has 0 bridgehead atoms. The average Bonchev–Trinajstić information content (AvgIpc) is 2.54. The van der Waals surface area contributed by atoms with E-state index in [1.165, 1.54) is 0 Å². The van der Waals surface area contributed by atoms with Gasteiger partial charge in [-0.25, -0.2) is 4.98 Å². The summed E-state index contributed by atoms with van der Waals surface area (Å²) in [6.45, 7) is -0.0467. The molecular weight excluding hydrogens is 264 g/mol. The zero-order valence-electron chi connectivity index (χ0n) is 11.3. The van der Waals surface area contributed by atoms with E-state index in [1.807, 2.05) is 48.5 Å². The van der Waals surface area contributed by atoms with Crippen LogP contribution in [-0.2, 0) is 4.79 Å². The van der Waals surface area contributed by atoms with Gasteiger partial charge < -0.3 is 10.1 Å². The number of benzene rings is 2. The van der Waals surface area contributed by atoms with Gasteiger partial charge in [0.1, 0.15) is 11.6 Å². The number of ether oxygens (including phenoxy) is 1. The van der Waals surface area contributed by atoms with E-state index < -0.39 is 0 Å². The lowest BCUT2D eigenvalue weighted by Crippen LogP contribution is -2.20.